The van der Waals surface area contributed by atoms with E-state index >= 15 is 0 Å². The third kappa shape index (κ3) is 2.10. The summed E-state index contributed by atoms with van der Waals surface area (Å²) in [6.07, 6.45) is 0.998. The van der Waals surface area contributed by atoms with Crippen molar-refractivity contribution < 1.29 is 4.79 Å². The lowest BCUT2D eigenvalue weighted by atomic mass is 10.0. The zero-order chi connectivity index (χ0) is 11.9. The van der Waals surface area contributed by atoms with Crippen LogP contribution in [0.15, 0.2) is 17.5 Å². The Morgan fingerprint density at radius 1 is 1.53 bits per heavy atom. The topological polar surface area (TPSA) is 41.1 Å². The summed E-state index contributed by atoms with van der Waals surface area (Å²) in [5.41, 5.74) is -0.0888. The second-order valence-electron chi connectivity index (χ2n) is 4.70. The molecule has 0 radical (unpaired) electrons. The minimum atomic E-state index is -0.0888. The molecule has 3 rings (SSSR count). The van der Waals surface area contributed by atoms with Gasteiger partial charge in [0.2, 0.25) is 0 Å². The van der Waals surface area contributed by atoms with Crippen molar-refractivity contribution in [2.45, 2.75) is 18.9 Å². The average Bonchev–Trinajstić information content (AvgIpc) is 2.91. The fourth-order valence-electron chi connectivity index (χ4n) is 2.14. The normalized spacial score (nSPS) is 24.3. The number of carbonyl (C=O) groups excluding carboxylic acids is 1. The van der Waals surface area contributed by atoms with Gasteiger partial charge in [0, 0.05) is 15.9 Å². The minimum Gasteiger partial charge on any atom is -0.345 e. The Bertz CT molecular complexity index is 523. The van der Waals surface area contributed by atoms with Crippen molar-refractivity contribution in [1.82, 2.24) is 10.6 Å². The van der Waals surface area contributed by atoms with E-state index in [1.54, 1.807) is 22.7 Å². The molecule has 1 aliphatic heterocycles. The minimum absolute atomic E-state index is 0.0598. The molecule has 1 fully saturated rings. The highest BCUT2D eigenvalue weighted by Gasteiger charge is 2.30. The van der Waals surface area contributed by atoms with Crippen LogP contribution in [0.5, 0.6) is 0 Å². The number of rotatable bonds is 2. The lowest BCUT2D eigenvalue weighted by Crippen LogP contribution is -2.47. The summed E-state index contributed by atoms with van der Waals surface area (Å²) in [4.78, 5) is 13.0. The highest BCUT2D eigenvalue weighted by molar-refractivity contribution is 7.27. The molecule has 1 unspecified atom stereocenters. The van der Waals surface area contributed by atoms with Crippen LogP contribution in [0, 0.1) is 0 Å². The second-order valence-corrected chi connectivity index (χ2v) is 6.73. The molecule has 1 aliphatic rings. The molecule has 1 amide bonds. The number of fused-ring (bicyclic) bond motifs is 1. The zero-order valence-electron chi connectivity index (χ0n) is 9.58. The number of nitrogens with one attached hydrogen (secondary N) is 2. The number of hydrogen-bond acceptors (Lipinski definition) is 4. The van der Waals surface area contributed by atoms with Crippen LogP contribution in [-0.4, -0.2) is 24.5 Å². The summed E-state index contributed by atoms with van der Waals surface area (Å²) in [6.45, 7) is 3.94. The van der Waals surface area contributed by atoms with Crippen molar-refractivity contribution in [1.29, 1.82) is 0 Å². The molecule has 3 heterocycles. The predicted octanol–water partition coefficient (Wildman–Crippen LogP) is 2.44. The first-order chi connectivity index (χ1) is 8.16. The van der Waals surface area contributed by atoms with Crippen molar-refractivity contribution in [3.63, 3.8) is 0 Å². The lowest BCUT2D eigenvalue weighted by molar-refractivity contribution is 0.0917. The van der Waals surface area contributed by atoms with Gasteiger partial charge in [0.1, 0.15) is 0 Å². The highest BCUT2D eigenvalue weighted by Crippen LogP contribution is 2.30. The Labute approximate surface area is 108 Å². The van der Waals surface area contributed by atoms with E-state index in [-0.39, 0.29) is 11.4 Å². The average molecular weight is 266 g/mol. The molecular formula is C12H14N2OS2. The Morgan fingerprint density at radius 2 is 2.41 bits per heavy atom. The Hall–Kier alpha value is -0.910. The summed E-state index contributed by atoms with van der Waals surface area (Å²) in [7, 11) is 0. The van der Waals surface area contributed by atoms with Crippen LogP contribution in [0.4, 0.5) is 0 Å². The van der Waals surface area contributed by atoms with Crippen LogP contribution < -0.4 is 10.6 Å². The standard InChI is InChI=1S/C12H14N2OS2/c1-12(3-4-13-7-12)14-11(15)10-6-9-8(17-10)2-5-16-9/h2,5-6,13H,3-4,7H2,1H3,(H,14,15). The number of hydrogen-bond donors (Lipinski definition) is 2. The first-order valence-corrected chi connectivity index (χ1v) is 7.36. The van der Waals surface area contributed by atoms with Crippen LogP contribution in [0.1, 0.15) is 23.0 Å². The van der Waals surface area contributed by atoms with E-state index < -0.39 is 0 Å². The predicted molar refractivity (Wildman–Crippen MR) is 73.1 cm³/mol. The van der Waals surface area contributed by atoms with E-state index in [1.165, 1.54) is 9.40 Å². The van der Waals surface area contributed by atoms with E-state index in [2.05, 4.69) is 29.0 Å². The SMILES string of the molecule is CC1(NC(=O)c2cc3sccc3s2)CCNC1. The van der Waals surface area contributed by atoms with Crippen molar-refractivity contribution in [2.24, 2.45) is 0 Å². The summed E-state index contributed by atoms with van der Waals surface area (Å²) < 4.78 is 2.41. The number of amides is 1. The van der Waals surface area contributed by atoms with E-state index in [9.17, 15) is 4.79 Å². The number of carbonyl (C=O) groups is 1. The van der Waals surface area contributed by atoms with Gasteiger partial charge in [-0.15, -0.1) is 22.7 Å². The maximum Gasteiger partial charge on any atom is 0.261 e. The van der Waals surface area contributed by atoms with Crippen LogP contribution >= 0.6 is 22.7 Å². The fraction of sp³-hybridized carbons (Fsp3) is 0.417. The summed E-state index contributed by atoms with van der Waals surface area (Å²) in [5, 5.41) is 8.48. The number of thiophene rings is 2. The largest absolute Gasteiger partial charge is 0.345 e. The van der Waals surface area contributed by atoms with Gasteiger partial charge in [-0.2, -0.15) is 0 Å². The molecule has 1 atom stereocenters. The first kappa shape index (κ1) is 11.2. The molecule has 5 heteroatoms. The third-order valence-corrected chi connectivity index (χ3v) is 5.24. The highest BCUT2D eigenvalue weighted by atomic mass is 32.1. The van der Waals surface area contributed by atoms with E-state index in [4.69, 9.17) is 0 Å². The molecule has 0 bridgehead atoms. The van der Waals surface area contributed by atoms with Gasteiger partial charge in [0.25, 0.3) is 5.91 Å². The molecule has 0 saturated carbocycles. The van der Waals surface area contributed by atoms with Crippen molar-refractivity contribution in [3.8, 4) is 0 Å². The Kier molecular flexibility index (Phi) is 2.69. The van der Waals surface area contributed by atoms with Gasteiger partial charge in [-0.05, 0) is 37.4 Å². The van der Waals surface area contributed by atoms with Crippen molar-refractivity contribution in [2.75, 3.05) is 13.1 Å². The Morgan fingerprint density at radius 3 is 3.12 bits per heavy atom. The van der Waals surface area contributed by atoms with Crippen LogP contribution in [0.2, 0.25) is 0 Å². The summed E-state index contributed by atoms with van der Waals surface area (Å²) in [5.74, 6) is 0.0598. The molecule has 2 N–H and O–H groups in total. The molecule has 2 aromatic rings. The quantitative estimate of drug-likeness (QED) is 0.876. The van der Waals surface area contributed by atoms with Crippen LogP contribution in [-0.2, 0) is 0 Å². The van der Waals surface area contributed by atoms with E-state index in [0.717, 1.165) is 24.4 Å². The van der Waals surface area contributed by atoms with E-state index in [0.29, 0.717) is 0 Å². The molecule has 1 saturated heterocycles. The molecule has 0 aliphatic carbocycles. The van der Waals surface area contributed by atoms with Crippen LogP contribution in [0.3, 0.4) is 0 Å². The third-order valence-electron chi connectivity index (χ3n) is 3.15. The maximum absolute atomic E-state index is 12.1. The molecule has 0 aromatic carbocycles. The summed E-state index contributed by atoms with van der Waals surface area (Å²) in [6, 6.07) is 4.06. The first-order valence-electron chi connectivity index (χ1n) is 5.67. The molecule has 3 nitrogen and oxygen atoms in total. The maximum atomic E-state index is 12.1. The van der Waals surface area contributed by atoms with Gasteiger partial charge >= 0.3 is 0 Å². The van der Waals surface area contributed by atoms with Gasteiger partial charge < -0.3 is 10.6 Å². The van der Waals surface area contributed by atoms with Crippen LogP contribution in [0.25, 0.3) is 9.40 Å². The van der Waals surface area contributed by atoms with Crippen molar-refractivity contribution in [3.05, 3.63) is 22.4 Å². The fourth-order valence-corrected chi connectivity index (χ4v) is 4.14. The van der Waals surface area contributed by atoms with Gasteiger partial charge in [0.15, 0.2) is 0 Å². The zero-order valence-corrected chi connectivity index (χ0v) is 11.2. The monoisotopic (exact) mass is 266 g/mol. The molecular weight excluding hydrogens is 252 g/mol. The van der Waals surface area contributed by atoms with Gasteiger partial charge in [0.05, 0.1) is 10.4 Å². The van der Waals surface area contributed by atoms with E-state index in [1.807, 2.05) is 6.07 Å². The van der Waals surface area contributed by atoms with Gasteiger partial charge in [-0.25, -0.2) is 0 Å². The second kappa shape index (κ2) is 4.08. The smallest absolute Gasteiger partial charge is 0.261 e. The molecule has 0 spiro atoms. The molecule has 2 aromatic heterocycles. The van der Waals surface area contributed by atoms with Crippen molar-refractivity contribution >= 4 is 38.0 Å². The van der Waals surface area contributed by atoms with Gasteiger partial charge in [-0.3, -0.25) is 4.79 Å². The van der Waals surface area contributed by atoms with Gasteiger partial charge in [-0.1, -0.05) is 0 Å². The molecule has 17 heavy (non-hydrogen) atoms. The summed E-state index contributed by atoms with van der Waals surface area (Å²) >= 11 is 3.26. The molecule has 90 valence electrons. The Balaban J connectivity index is 1.80. The lowest BCUT2D eigenvalue weighted by Gasteiger charge is -2.23.